The van der Waals surface area contributed by atoms with Crippen LogP contribution < -0.4 is 10.6 Å². The molecule has 2 fully saturated rings. The Bertz CT molecular complexity index is 711. The van der Waals surface area contributed by atoms with E-state index < -0.39 is 0 Å². The number of fused-ring (bicyclic) bond motifs is 2. The third kappa shape index (κ3) is 2.44. The summed E-state index contributed by atoms with van der Waals surface area (Å²) in [6.45, 7) is 3.18. The van der Waals surface area contributed by atoms with E-state index in [1.54, 1.807) is 6.20 Å². The Morgan fingerprint density at radius 1 is 1.36 bits per heavy atom. The van der Waals surface area contributed by atoms with Crippen molar-refractivity contribution < 1.29 is 4.79 Å². The van der Waals surface area contributed by atoms with Gasteiger partial charge in [-0.15, -0.1) is 11.3 Å². The smallest absolute Gasteiger partial charge is 0.280 e. The number of aromatic nitrogens is 1. The van der Waals surface area contributed by atoms with Gasteiger partial charge >= 0.3 is 0 Å². The first-order valence-electron chi connectivity index (χ1n) is 7.77. The van der Waals surface area contributed by atoms with Crippen molar-refractivity contribution in [1.82, 2.24) is 15.6 Å². The van der Waals surface area contributed by atoms with E-state index in [0.29, 0.717) is 11.0 Å². The quantitative estimate of drug-likeness (QED) is 0.916. The van der Waals surface area contributed by atoms with Gasteiger partial charge in [-0.1, -0.05) is 24.3 Å². The molecule has 3 unspecified atom stereocenters. The Hall–Kier alpha value is -1.72. The second-order valence-electron chi connectivity index (χ2n) is 6.28. The summed E-state index contributed by atoms with van der Waals surface area (Å²) in [6.07, 6.45) is 4.09. The Balaban J connectivity index is 1.49. The lowest BCUT2D eigenvalue weighted by Crippen LogP contribution is -2.47. The fraction of sp³-hybridized carbons (Fsp3) is 0.412. The average molecular weight is 313 g/mol. The summed E-state index contributed by atoms with van der Waals surface area (Å²) in [7, 11) is 0. The molecule has 1 aromatic carbocycles. The van der Waals surface area contributed by atoms with Gasteiger partial charge in [-0.2, -0.15) is 0 Å². The molecule has 1 amide bonds. The second-order valence-corrected chi connectivity index (χ2v) is 7.31. The summed E-state index contributed by atoms with van der Waals surface area (Å²) >= 11 is 1.47. The summed E-state index contributed by atoms with van der Waals surface area (Å²) < 4.78 is 0. The number of hydrogen-bond acceptors (Lipinski definition) is 4. The number of piperidine rings is 1. The van der Waals surface area contributed by atoms with Crippen molar-refractivity contribution in [3.63, 3.8) is 0 Å². The first kappa shape index (κ1) is 13.9. The van der Waals surface area contributed by atoms with Gasteiger partial charge in [0.2, 0.25) is 0 Å². The summed E-state index contributed by atoms with van der Waals surface area (Å²) in [5, 5.41) is 7.18. The van der Waals surface area contributed by atoms with Crippen molar-refractivity contribution in [2.45, 2.75) is 31.8 Å². The average Bonchev–Trinajstić information content (AvgIpc) is 3.24. The third-order valence-corrected chi connectivity index (χ3v) is 5.79. The van der Waals surface area contributed by atoms with Crippen LogP contribution in [0.1, 0.15) is 28.2 Å². The largest absolute Gasteiger partial charge is 0.346 e. The minimum Gasteiger partial charge on any atom is -0.346 e. The van der Waals surface area contributed by atoms with Crippen LogP contribution in [0.5, 0.6) is 0 Å². The van der Waals surface area contributed by atoms with Gasteiger partial charge in [-0.25, -0.2) is 4.98 Å². The van der Waals surface area contributed by atoms with Gasteiger partial charge in [0.1, 0.15) is 0 Å². The fourth-order valence-corrected chi connectivity index (χ4v) is 4.51. The summed E-state index contributed by atoms with van der Waals surface area (Å²) in [4.78, 5) is 17.8. The number of amides is 1. The van der Waals surface area contributed by atoms with Crippen molar-refractivity contribution in [3.05, 3.63) is 41.0 Å². The number of carbonyl (C=O) groups excluding carboxylic acids is 1. The van der Waals surface area contributed by atoms with Crippen molar-refractivity contribution in [1.29, 1.82) is 0 Å². The van der Waals surface area contributed by atoms with Crippen LogP contribution in [0.25, 0.3) is 10.4 Å². The van der Waals surface area contributed by atoms with E-state index in [-0.39, 0.29) is 11.9 Å². The fourth-order valence-electron chi connectivity index (χ4n) is 3.60. The van der Waals surface area contributed by atoms with E-state index in [1.807, 2.05) is 12.1 Å². The standard InChI is InChI=1S/C17H19N3OS/c1-10-4-2-3-5-12(10)15-9-19-17(22-15)16(21)20-14-7-11-6-13(14)18-8-11/h2-5,9,11,13-14,18H,6-8H2,1H3,(H,20,21). The Morgan fingerprint density at radius 3 is 2.95 bits per heavy atom. The van der Waals surface area contributed by atoms with Gasteiger partial charge in [-0.05, 0) is 43.4 Å². The molecule has 1 aromatic heterocycles. The molecule has 0 radical (unpaired) electrons. The van der Waals surface area contributed by atoms with Crippen molar-refractivity contribution in [3.8, 4) is 10.4 Å². The molecule has 4 rings (SSSR count). The lowest BCUT2D eigenvalue weighted by Gasteiger charge is -2.23. The lowest BCUT2D eigenvalue weighted by atomic mass is 10.1. The SMILES string of the molecule is Cc1ccccc1-c1cnc(C(=O)NC2CC3CNC2C3)s1. The van der Waals surface area contributed by atoms with E-state index in [1.165, 1.54) is 23.3 Å². The summed E-state index contributed by atoms with van der Waals surface area (Å²) in [5.41, 5.74) is 2.36. The summed E-state index contributed by atoms with van der Waals surface area (Å²) in [5.74, 6) is 0.693. The van der Waals surface area contributed by atoms with Gasteiger partial charge < -0.3 is 10.6 Å². The molecule has 0 spiro atoms. The van der Waals surface area contributed by atoms with Gasteiger partial charge in [0.15, 0.2) is 5.01 Å². The number of aryl methyl sites for hydroxylation is 1. The molecule has 1 aliphatic carbocycles. The van der Waals surface area contributed by atoms with Crippen LogP contribution in [0.2, 0.25) is 0 Å². The molecule has 2 aromatic rings. The third-order valence-electron chi connectivity index (χ3n) is 4.76. The highest BCUT2D eigenvalue weighted by Gasteiger charge is 2.40. The van der Waals surface area contributed by atoms with E-state index in [2.05, 4.69) is 34.7 Å². The monoisotopic (exact) mass is 313 g/mol. The zero-order chi connectivity index (χ0) is 15.1. The number of thiazole rings is 1. The van der Waals surface area contributed by atoms with Gasteiger partial charge in [0.05, 0.1) is 4.88 Å². The van der Waals surface area contributed by atoms with Crippen LogP contribution in [0.15, 0.2) is 30.5 Å². The minimum atomic E-state index is -0.0378. The molecule has 4 nitrogen and oxygen atoms in total. The lowest BCUT2D eigenvalue weighted by molar-refractivity contribution is 0.0928. The molecule has 2 N–H and O–H groups in total. The zero-order valence-electron chi connectivity index (χ0n) is 12.5. The minimum absolute atomic E-state index is 0.0378. The topological polar surface area (TPSA) is 54.0 Å². The molecular weight excluding hydrogens is 294 g/mol. The summed E-state index contributed by atoms with van der Waals surface area (Å²) in [6, 6.07) is 8.90. The maximum absolute atomic E-state index is 12.4. The normalized spacial score (nSPS) is 26.3. The van der Waals surface area contributed by atoms with Crippen LogP contribution in [0.4, 0.5) is 0 Å². The van der Waals surface area contributed by atoms with Gasteiger partial charge in [0.25, 0.3) is 5.91 Å². The Kier molecular flexibility index (Phi) is 3.47. The van der Waals surface area contributed by atoms with E-state index >= 15 is 0 Å². The molecule has 1 aliphatic heterocycles. The Morgan fingerprint density at radius 2 is 2.23 bits per heavy atom. The molecule has 114 valence electrons. The van der Waals surface area contributed by atoms with Crippen LogP contribution in [0, 0.1) is 12.8 Å². The van der Waals surface area contributed by atoms with E-state index in [4.69, 9.17) is 0 Å². The van der Waals surface area contributed by atoms with Crippen molar-refractivity contribution in [2.24, 2.45) is 5.92 Å². The predicted molar refractivity (Wildman–Crippen MR) is 88.1 cm³/mol. The number of hydrogen-bond donors (Lipinski definition) is 2. The molecule has 1 saturated carbocycles. The highest BCUT2D eigenvalue weighted by molar-refractivity contribution is 7.17. The molecule has 1 saturated heterocycles. The number of benzene rings is 1. The van der Waals surface area contributed by atoms with Gasteiger partial charge in [-0.3, -0.25) is 4.79 Å². The molecule has 22 heavy (non-hydrogen) atoms. The van der Waals surface area contributed by atoms with Crippen LogP contribution in [-0.4, -0.2) is 29.5 Å². The van der Waals surface area contributed by atoms with Crippen molar-refractivity contribution in [2.75, 3.05) is 6.54 Å². The number of nitrogens with one attached hydrogen (secondary N) is 2. The van der Waals surface area contributed by atoms with E-state index in [0.717, 1.165) is 29.3 Å². The highest BCUT2D eigenvalue weighted by atomic mass is 32.1. The second kappa shape index (κ2) is 5.48. The molecule has 3 atom stereocenters. The molecular formula is C17H19N3OS. The highest BCUT2D eigenvalue weighted by Crippen LogP contribution is 2.32. The number of nitrogens with zero attached hydrogens (tertiary/aromatic N) is 1. The number of rotatable bonds is 3. The molecule has 2 bridgehead atoms. The first-order chi connectivity index (χ1) is 10.7. The van der Waals surface area contributed by atoms with Crippen LogP contribution in [-0.2, 0) is 0 Å². The van der Waals surface area contributed by atoms with E-state index in [9.17, 15) is 4.79 Å². The van der Waals surface area contributed by atoms with Crippen molar-refractivity contribution >= 4 is 17.2 Å². The number of carbonyl (C=O) groups is 1. The first-order valence-corrected chi connectivity index (χ1v) is 8.58. The van der Waals surface area contributed by atoms with Crippen LogP contribution in [0.3, 0.4) is 0 Å². The predicted octanol–water partition coefficient (Wildman–Crippen LogP) is 2.60. The van der Waals surface area contributed by atoms with Crippen LogP contribution >= 0.6 is 11.3 Å². The molecule has 2 aliphatic rings. The van der Waals surface area contributed by atoms with Gasteiger partial charge in [0, 0.05) is 18.3 Å². The Labute approximate surface area is 134 Å². The molecule has 5 heteroatoms. The molecule has 2 heterocycles. The maximum Gasteiger partial charge on any atom is 0.280 e. The maximum atomic E-state index is 12.4. The zero-order valence-corrected chi connectivity index (χ0v) is 13.3.